The van der Waals surface area contributed by atoms with E-state index in [1.54, 1.807) is 7.05 Å². The van der Waals surface area contributed by atoms with Crippen LogP contribution < -0.4 is 5.32 Å². The molecule has 6 rings (SSSR count). The summed E-state index contributed by atoms with van der Waals surface area (Å²) in [5, 5.41) is 18.7. The second-order valence-electron chi connectivity index (χ2n) is 19.9. The Bertz CT molecular complexity index is 1560. The minimum Gasteiger partial charge on any atom is -0.481 e. The van der Waals surface area contributed by atoms with Crippen LogP contribution in [0.4, 0.5) is 0 Å². The van der Waals surface area contributed by atoms with E-state index >= 15 is 0 Å². The molecule has 0 aromatic carbocycles. The summed E-state index contributed by atoms with van der Waals surface area (Å²) in [5.41, 5.74) is -0.249. The Labute approximate surface area is 313 Å². The Balaban J connectivity index is 1.48. The first-order valence-electron chi connectivity index (χ1n) is 20.1. The molecule has 4 aliphatic carbocycles. The molecule has 3 saturated carbocycles. The van der Waals surface area contributed by atoms with Crippen molar-refractivity contribution in [2.75, 3.05) is 41.0 Å². The van der Waals surface area contributed by atoms with Gasteiger partial charge in [0.25, 0.3) is 5.91 Å². The van der Waals surface area contributed by atoms with Gasteiger partial charge < -0.3 is 24.8 Å². The molecule has 1 aromatic rings. The Morgan fingerprint density at radius 3 is 2.38 bits per heavy atom. The molecule has 52 heavy (non-hydrogen) atoms. The zero-order valence-corrected chi connectivity index (χ0v) is 34.5. The van der Waals surface area contributed by atoms with Crippen LogP contribution in [0.2, 0.25) is 0 Å². The van der Waals surface area contributed by atoms with Crippen molar-refractivity contribution in [3.8, 4) is 0 Å². The van der Waals surface area contributed by atoms with Gasteiger partial charge in [-0.15, -0.1) is 0 Å². The first-order chi connectivity index (χ1) is 24.2. The van der Waals surface area contributed by atoms with Gasteiger partial charge in [-0.05, 0) is 105 Å². The summed E-state index contributed by atoms with van der Waals surface area (Å²) in [6.07, 6.45) is 9.18. The van der Waals surface area contributed by atoms with Crippen LogP contribution in [-0.4, -0.2) is 89.3 Å². The van der Waals surface area contributed by atoms with Crippen LogP contribution in [0.1, 0.15) is 124 Å². The van der Waals surface area contributed by atoms with E-state index in [4.69, 9.17) is 14.6 Å². The zero-order valence-electron chi connectivity index (χ0n) is 34.5. The van der Waals surface area contributed by atoms with E-state index in [0.717, 1.165) is 38.5 Å². The molecule has 4 fully saturated rings. The van der Waals surface area contributed by atoms with Crippen molar-refractivity contribution in [3.63, 3.8) is 0 Å². The second kappa shape index (κ2) is 13.2. The molecule has 12 atom stereocenters. The number of carboxylic acid groups (broad SMARTS) is 1. The lowest BCUT2D eigenvalue weighted by atomic mass is 9.34. The van der Waals surface area contributed by atoms with Gasteiger partial charge in [-0.25, -0.2) is 9.67 Å². The molecule has 10 heteroatoms. The number of hydrogen-bond acceptors (Lipinski definition) is 7. The minimum absolute atomic E-state index is 0.182. The summed E-state index contributed by atoms with van der Waals surface area (Å²) >= 11 is 0. The molecule has 0 unspecified atom stereocenters. The summed E-state index contributed by atoms with van der Waals surface area (Å²) in [6.45, 7) is 24.6. The van der Waals surface area contributed by atoms with Gasteiger partial charge in [0.1, 0.15) is 6.33 Å². The molecule has 1 aromatic heterocycles. The van der Waals surface area contributed by atoms with Crippen LogP contribution in [0.15, 0.2) is 18.0 Å². The number of rotatable bonds is 10. The van der Waals surface area contributed by atoms with E-state index in [1.165, 1.54) is 11.9 Å². The molecule has 2 bridgehead atoms. The molecular formula is C42H69N5O5. The first kappa shape index (κ1) is 39.4. The van der Waals surface area contributed by atoms with E-state index in [-0.39, 0.29) is 51.2 Å². The van der Waals surface area contributed by atoms with Crippen molar-refractivity contribution in [1.82, 2.24) is 25.0 Å². The number of nitrogens with one attached hydrogen (secondary N) is 1. The number of likely N-dealkylation sites (N-methyl/N-ethyl adjacent to an activating group) is 1. The summed E-state index contributed by atoms with van der Waals surface area (Å²) in [7, 11) is 5.88. The van der Waals surface area contributed by atoms with Crippen molar-refractivity contribution >= 4 is 11.9 Å². The molecule has 0 radical (unpaired) electrons. The number of carboxylic acids is 1. The van der Waals surface area contributed by atoms with E-state index in [9.17, 15) is 14.7 Å². The van der Waals surface area contributed by atoms with Crippen LogP contribution >= 0.6 is 0 Å². The summed E-state index contributed by atoms with van der Waals surface area (Å²) in [5.74, 6) is 0.571. The highest BCUT2D eigenvalue weighted by Crippen LogP contribution is 2.75. The summed E-state index contributed by atoms with van der Waals surface area (Å²) < 4.78 is 15.9. The Hall–Kier alpha value is -2.30. The lowest BCUT2D eigenvalue weighted by Gasteiger charge is -2.71. The lowest BCUT2D eigenvalue weighted by molar-refractivity contribution is -0.255. The number of allylic oxidation sites excluding steroid dienone is 1. The van der Waals surface area contributed by atoms with Crippen LogP contribution in [0.25, 0.3) is 0 Å². The minimum atomic E-state index is -0.641. The van der Waals surface area contributed by atoms with Crippen LogP contribution in [0.5, 0.6) is 0 Å². The predicted molar refractivity (Wildman–Crippen MR) is 203 cm³/mol. The number of amides is 1. The maximum absolute atomic E-state index is 13.5. The van der Waals surface area contributed by atoms with Gasteiger partial charge in [-0.2, -0.15) is 5.10 Å². The van der Waals surface area contributed by atoms with Gasteiger partial charge in [0.05, 0.1) is 37.9 Å². The average molecular weight is 724 g/mol. The summed E-state index contributed by atoms with van der Waals surface area (Å²) in [6, 6.07) is -0.243. The topological polar surface area (TPSA) is 119 Å². The monoisotopic (exact) mass is 724 g/mol. The largest absolute Gasteiger partial charge is 0.481 e. The Kier molecular flexibility index (Phi) is 9.98. The fraction of sp³-hybridized carbons (Fsp3) is 0.857. The molecule has 0 spiro atoms. The van der Waals surface area contributed by atoms with Gasteiger partial charge in [-0.1, -0.05) is 74.0 Å². The third kappa shape index (κ3) is 5.33. The van der Waals surface area contributed by atoms with Crippen LogP contribution in [0.3, 0.4) is 0 Å². The molecule has 2 N–H and O–H groups in total. The smallest absolute Gasteiger partial charge is 0.307 e. The van der Waals surface area contributed by atoms with Crippen molar-refractivity contribution < 1.29 is 24.2 Å². The van der Waals surface area contributed by atoms with E-state index in [0.29, 0.717) is 49.3 Å². The third-order valence-corrected chi connectivity index (χ3v) is 17.2. The zero-order chi connectivity index (χ0) is 38.4. The molecule has 1 amide bonds. The normalized spacial score (nSPS) is 41.8. The van der Waals surface area contributed by atoms with Gasteiger partial charge in [0.15, 0.2) is 0 Å². The lowest BCUT2D eigenvalue weighted by Crippen LogP contribution is -2.69. The third-order valence-electron chi connectivity index (χ3n) is 17.2. The second-order valence-corrected chi connectivity index (χ2v) is 19.9. The van der Waals surface area contributed by atoms with Crippen molar-refractivity contribution in [2.24, 2.45) is 62.6 Å². The standard InChI is InChI=1S/C42H69N5O5/c1-25(2)27(5)37(6)18-19-39(8)28-14-15-31-38(7)21-51-23-42(31,29(28)16-17-40(39,9)32(37)36(49)50)20-30(47-34(35(48)43-11)44-24-45-47)33(38)52-22-41(10,26(3)4)46(12)13/h16,24-28,30-33H,14-15,17-23H2,1-13H3,(H,43,48)(H,49,50)/t27-,28+,30-,31+,32-,33+,37-,38-,39-,40+,41+,42+/m1/s1. The highest BCUT2D eigenvalue weighted by Gasteiger charge is 2.72. The Morgan fingerprint density at radius 1 is 1.10 bits per heavy atom. The fourth-order valence-corrected chi connectivity index (χ4v) is 13.0. The highest BCUT2D eigenvalue weighted by molar-refractivity contribution is 5.90. The number of aliphatic carboxylic acids is 1. The molecular weight excluding hydrogens is 654 g/mol. The van der Waals surface area contributed by atoms with Crippen molar-refractivity contribution in [2.45, 2.75) is 125 Å². The number of hydrogen-bond donors (Lipinski definition) is 2. The number of aromatic nitrogens is 3. The number of carbonyl (C=O) groups excluding carboxylic acids is 1. The van der Waals surface area contributed by atoms with Crippen molar-refractivity contribution in [3.05, 3.63) is 23.8 Å². The van der Waals surface area contributed by atoms with Gasteiger partial charge in [-0.3, -0.25) is 9.59 Å². The number of carbonyl (C=O) groups is 2. The SMILES string of the molecule is CNC(=O)c1ncnn1[C@@H]1C[C@@]23COC[C@](C)([C@@H]2CC[C@H]2C3=CC[C@@]3(C)[C@H](C(=O)O)[C@@](C)([C@H](C)C(C)C)CC[C@]23C)[C@H]1OC[C@@](C)(C(C)C)N(C)C. The number of fused-ring (bicyclic) bond motifs is 3. The first-order valence-corrected chi connectivity index (χ1v) is 20.1. The Morgan fingerprint density at radius 2 is 1.79 bits per heavy atom. The van der Waals surface area contributed by atoms with Gasteiger partial charge in [0.2, 0.25) is 5.82 Å². The maximum Gasteiger partial charge on any atom is 0.307 e. The molecule has 2 heterocycles. The van der Waals surface area contributed by atoms with E-state index < -0.39 is 17.3 Å². The average Bonchev–Trinajstić information content (AvgIpc) is 3.56. The predicted octanol–water partition coefficient (Wildman–Crippen LogP) is 7.13. The van der Waals surface area contributed by atoms with Crippen molar-refractivity contribution in [1.29, 1.82) is 0 Å². The fourth-order valence-electron chi connectivity index (χ4n) is 13.0. The summed E-state index contributed by atoms with van der Waals surface area (Å²) in [4.78, 5) is 33.5. The van der Waals surface area contributed by atoms with Gasteiger partial charge in [0, 0.05) is 23.4 Å². The van der Waals surface area contributed by atoms with Crippen LogP contribution in [0, 0.1) is 62.6 Å². The number of nitrogens with zero attached hydrogens (tertiary/aromatic N) is 4. The molecule has 1 aliphatic heterocycles. The molecule has 5 aliphatic rings. The van der Waals surface area contributed by atoms with Crippen LogP contribution in [-0.2, 0) is 14.3 Å². The quantitative estimate of drug-likeness (QED) is 0.245. The molecule has 292 valence electrons. The number of ether oxygens (including phenoxy) is 2. The van der Waals surface area contributed by atoms with Gasteiger partial charge >= 0.3 is 5.97 Å². The highest BCUT2D eigenvalue weighted by atomic mass is 16.5. The molecule has 1 saturated heterocycles. The van der Waals surface area contributed by atoms with E-state index in [2.05, 4.69) is 105 Å². The van der Waals surface area contributed by atoms with E-state index in [1.807, 2.05) is 4.68 Å². The maximum atomic E-state index is 13.5. The molecule has 10 nitrogen and oxygen atoms in total.